The number of rotatable bonds is 7. The lowest BCUT2D eigenvalue weighted by Gasteiger charge is -2.23. The van der Waals surface area contributed by atoms with E-state index < -0.39 is 45.8 Å². The minimum absolute atomic E-state index is 0.00835. The predicted octanol–water partition coefficient (Wildman–Crippen LogP) is 1.37. The molecule has 0 aromatic heterocycles. The maximum absolute atomic E-state index is 12.8. The number of hydrogen-bond acceptors (Lipinski definition) is 8. The molecule has 0 bridgehead atoms. The number of hydrogen-bond donors (Lipinski definition) is 1. The normalized spacial score (nSPS) is 19.3. The Balaban J connectivity index is 2.08. The second-order valence-electron chi connectivity index (χ2n) is 8.09. The molecular formula is C20H28N2O8S. The Bertz CT molecular complexity index is 921. The van der Waals surface area contributed by atoms with Crippen LogP contribution in [0.2, 0.25) is 0 Å². The molecule has 0 saturated carbocycles. The van der Waals surface area contributed by atoms with E-state index in [-0.39, 0.29) is 24.4 Å². The van der Waals surface area contributed by atoms with Crippen LogP contribution in [-0.2, 0) is 33.4 Å². The topological polar surface area (TPSA) is 128 Å². The zero-order chi connectivity index (χ0) is 23.4. The van der Waals surface area contributed by atoms with Crippen molar-refractivity contribution < 1.29 is 36.5 Å². The lowest BCUT2D eigenvalue weighted by Crippen LogP contribution is -2.45. The van der Waals surface area contributed by atoms with E-state index in [4.69, 9.17) is 13.7 Å². The van der Waals surface area contributed by atoms with E-state index in [0.29, 0.717) is 0 Å². The molecule has 2 amide bonds. The highest BCUT2D eigenvalue weighted by molar-refractivity contribution is 7.86. The molecule has 172 valence electrons. The van der Waals surface area contributed by atoms with E-state index in [1.807, 2.05) is 6.92 Å². The Morgan fingerprint density at radius 1 is 1.19 bits per heavy atom. The van der Waals surface area contributed by atoms with Gasteiger partial charge in [0.05, 0.1) is 12.0 Å². The number of alkyl carbamates (subject to hydrolysis) is 1. The number of amides is 2. The molecule has 31 heavy (non-hydrogen) atoms. The highest BCUT2D eigenvalue weighted by atomic mass is 32.2. The summed E-state index contributed by atoms with van der Waals surface area (Å²) in [5.41, 5.74) is 0.177. The van der Waals surface area contributed by atoms with Gasteiger partial charge in [0, 0.05) is 19.5 Å². The molecule has 1 aromatic rings. The monoisotopic (exact) mass is 456 g/mol. The lowest BCUT2D eigenvalue weighted by atomic mass is 10.2. The number of ether oxygens (including phenoxy) is 2. The van der Waals surface area contributed by atoms with Crippen LogP contribution in [0.3, 0.4) is 0 Å². The van der Waals surface area contributed by atoms with Crippen molar-refractivity contribution in [2.24, 2.45) is 0 Å². The first kappa shape index (κ1) is 24.6. The molecule has 1 heterocycles. The van der Waals surface area contributed by atoms with Crippen molar-refractivity contribution in [2.45, 2.75) is 56.8 Å². The van der Waals surface area contributed by atoms with Crippen LogP contribution < -0.4 is 5.32 Å². The van der Waals surface area contributed by atoms with Gasteiger partial charge in [0.25, 0.3) is 16.0 Å². The summed E-state index contributed by atoms with van der Waals surface area (Å²) in [6, 6.07) is 4.95. The summed E-state index contributed by atoms with van der Waals surface area (Å²) in [4.78, 5) is 37.8. The third kappa shape index (κ3) is 6.66. The average Bonchev–Trinajstić information content (AvgIpc) is 2.95. The average molecular weight is 457 g/mol. The minimum atomic E-state index is -4.22. The minimum Gasteiger partial charge on any atom is -0.467 e. The van der Waals surface area contributed by atoms with Gasteiger partial charge in [-0.25, -0.2) is 9.59 Å². The van der Waals surface area contributed by atoms with Crippen molar-refractivity contribution in [1.29, 1.82) is 0 Å². The molecule has 0 unspecified atom stereocenters. The van der Waals surface area contributed by atoms with Crippen molar-refractivity contribution >= 4 is 28.1 Å². The molecule has 11 heteroatoms. The third-order valence-corrected chi connectivity index (χ3v) is 5.75. The van der Waals surface area contributed by atoms with Crippen LogP contribution >= 0.6 is 0 Å². The van der Waals surface area contributed by atoms with Gasteiger partial charge in [-0.15, -0.1) is 0 Å². The molecule has 1 aliphatic heterocycles. The molecule has 1 fully saturated rings. The first-order chi connectivity index (χ1) is 14.3. The van der Waals surface area contributed by atoms with Gasteiger partial charge in [0.15, 0.2) is 6.10 Å². The van der Waals surface area contributed by atoms with Crippen LogP contribution in [0.1, 0.15) is 32.8 Å². The van der Waals surface area contributed by atoms with Crippen molar-refractivity contribution in [3.05, 3.63) is 29.8 Å². The largest absolute Gasteiger partial charge is 0.467 e. The van der Waals surface area contributed by atoms with Crippen LogP contribution in [0.5, 0.6) is 0 Å². The van der Waals surface area contributed by atoms with Crippen LogP contribution in [-0.4, -0.2) is 69.2 Å². The maximum Gasteiger partial charge on any atom is 0.407 e. The molecule has 2 atom stereocenters. The molecule has 0 spiro atoms. The van der Waals surface area contributed by atoms with Crippen LogP contribution in [0.15, 0.2) is 29.2 Å². The Morgan fingerprint density at radius 3 is 2.35 bits per heavy atom. The molecule has 1 saturated heterocycles. The first-order valence-corrected chi connectivity index (χ1v) is 11.1. The molecule has 1 N–H and O–H groups in total. The van der Waals surface area contributed by atoms with Gasteiger partial charge in [-0.2, -0.15) is 8.42 Å². The number of nitrogens with one attached hydrogen (secondary N) is 1. The summed E-state index contributed by atoms with van der Waals surface area (Å²) in [7, 11) is -3.05. The fourth-order valence-corrected chi connectivity index (χ4v) is 4.03. The second-order valence-corrected chi connectivity index (χ2v) is 9.66. The van der Waals surface area contributed by atoms with Gasteiger partial charge in [0.1, 0.15) is 11.6 Å². The van der Waals surface area contributed by atoms with Gasteiger partial charge in [-0.05, 0) is 39.8 Å². The molecule has 1 aromatic carbocycles. The van der Waals surface area contributed by atoms with Crippen molar-refractivity contribution in [3.8, 4) is 0 Å². The Morgan fingerprint density at radius 2 is 1.81 bits per heavy atom. The molecule has 2 rings (SSSR count). The van der Waals surface area contributed by atoms with E-state index in [1.54, 1.807) is 32.9 Å². The van der Waals surface area contributed by atoms with Crippen LogP contribution in [0.25, 0.3) is 0 Å². The van der Waals surface area contributed by atoms with E-state index in [2.05, 4.69) is 5.32 Å². The zero-order valence-electron chi connectivity index (χ0n) is 18.2. The van der Waals surface area contributed by atoms with Crippen molar-refractivity contribution in [2.75, 3.05) is 20.2 Å². The number of carbonyl (C=O) groups excluding carboxylic acids is 3. The maximum atomic E-state index is 12.8. The smallest absolute Gasteiger partial charge is 0.407 e. The highest BCUT2D eigenvalue weighted by Gasteiger charge is 2.46. The van der Waals surface area contributed by atoms with Crippen LogP contribution in [0.4, 0.5) is 4.79 Å². The Hall–Kier alpha value is -2.66. The first-order valence-electron chi connectivity index (χ1n) is 9.69. The number of nitrogens with zero attached hydrogens (tertiary/aromatic N) is 1. The van der Waals surface area contributed by atoms with Crippen molar-refractivity contribution in [3.63, 3.8) is 0 Å². The van der Waals surface area contributed by atoms with Gasteiger partial charge in [0.2, 0.25) is 0 Å². The molecule has 0 radical (unpaired) electrons. The highest BCUT2D eigenvalue weighted by Crippen LogP contribution is 2.26. The number of carbonyl (C=O) groups is 3. The Kier molecular flexibility index (Phi) is 7.66. The molecule has 10 nitrogen and oxygen atoms in total. The summed E-state index contributed by atoms with van der Waals surface area (Å²) >= 11 is 0. The number of likely N-dealkylation sites (tertiary alicyclic amines) is 1. The Labute approximate surface area is 182 Å². The van der Waals surface area contributed by atoms with Gasteiger partial charge < -0.3 is 19.7 Å². The molecule has 0 aliphatic carbocycles. The third-order valence-electron chi connectivity index (χ3n) is 4.42. The molecule has 1 aliphatic rings. The van der Waals surface area contributed by atoms with E-state index in [0.717, 1.165) is 10.5 Å². The van der Waals surface area contributed by atoms with Crippen molar-refractivity contribution in [1.82, 2.24) is 10.2 Å². The number of benzene rings is 1. The summed E-state index contributed by atoms with van der Waals surface area (Å²) in [5, 5.41) is 2.49. The van der Waals surface area contributed by atoms with E-state index >= 15 is 0 Å². The van der Waals surface area contributed by atoms with E-state index in [1.165, 1.54) is 19.2 Å². The summed E-state index contributed by atoms with van der Waals surface area (Å²) in [6.45, 7) is 6.87. The number of esters is 1. The van der Waals surface area contributed by atoms with Crippen LogP contribution in [0, 0.1) is 6.92 Å². The summed E-state index contributed by atoms with van der Waals surface area (Å²) < 4.78 is 40.1. The fourth-order valence-electron chi connectivity index (χ4n) is 2.98. The standard InChI is InChI=1S/C20H28N2O8S/c1-13-6-8-14(9-7-13)31(26,27)30-16-12-15(18(24)28-5)22(17(16)23)11-10-21-19(25)29-20(2,3)4/h6-9,15-16H,10-12H2,1-5H3,(H,21,25)/t15-,16-/m0/s1. The quantitative estimate of drug-likeness (QED) is 0.481. The second kappa shape index (κ2) is 9.65. The van der Waals surface area contributed by atoms with Gasteiger partial charge in [-0.1, -0.05) is 17.7 Å². The zero-order valence-corrected chi connectivity index (χ0v) is 19.0. The van der Waals surface area contributed by atoms with Gasteiger partial charge >= 0.3 is 12.1 Å². The summed E-state index contributed by atoms with van der Waals surface area (Å²) in [6.07, 6.45) is -2.25. The SMILES string of the molecule is COC(=O)[C@@H]1C[C@H](OS(=O)(=O)c2ccc(C)cc2)C(=O)N1CCNC(=O)OC(C)(C)C. The predicted molar refractivity (Wildman–Crippen MR) is 110 cm³/mol. The van der Waals surface area contributed by atoms with Gasteiger partial charge in [-0.3, -0.25) is 8.98 Å². The van der Waals surface area contributed by atoms with E-state index in [9.17, 15) is 22.8 Å². The number of methoxy groups -OCH3 is 1. The fraction of sp³-hybridized carbons (Fsp3) is 0.550. The number of aryl methyl sites for hydroxylation is 1. The summed E-state index contributed by atoms with van der Waals surface area (Å²) in [5.74, 6) is -1.39. The molecular weight excluding hydrogens is 428 g/mol. The lowest BCUT2D eigenvalue weighted by molar-refractivity contribution is -0.149.